The number of aromatic nitrogens is 1. The van der Waals surface area contributed by atoms with Crippen molar-refractivity contribution in [1.82, 2.24) is 4.98 Å². The van der Waals surface area contributed by atoms with E-state index in [4.69, 9.17) is 0 Å². The molecule has 1 rings (SSSR count). The minimum Gasteiger partial charge on any atom is -0.356 e. The molecule has 0 radical (unpaired) electrons. The minimum atomic E-state index is 0.0320. The van der Waals surface area contributed by atoms with Gasteiger partial charge in [0.25, 0.3) is 0 Å². The number of anilines is 1. The van der Waals surface area contributed by atoms with Gasteiger partial charge >= 0.3 is 0 Å². The van der Waals surface area contributed by atoms with Gasteiger partial charge < -0.3 is 5.32 Å². The summed E-state index contributed by atoms with van der Waals surface area (Å²) in [5.74, 6) is 0. The standard InChI is InChI=1S/C10H17BrN2S/c1-9(2,3)10(4,5)13-8-12-7(11)6-14-8/h6H,1-5H3,(H,12,13). The quantitative estimate of drug-likeness (QED) is 0.878. The summed E-state index contributed by atoms with van der Waals surface area (Å²) in [4.78, 5) is 4.33. The number of thiazole rings is 1. The average molecular weight is 277 g/mol. The maximum Gasteiger partial charge on any atom is 0.184 e. The summed E-state index contributed by atoms with van der Waals surface area (Å²) in [6.07, 6.45) is 0. The van der Waals surface area contributed by atoms with Crippen LogP contribution in [0.5, 0.6) is 0 Å². The zero-order chi connectivity index (χ0) is 11.0. The summed E-state index contributed by atoms with van der Waals surface area (Å²) in [5, 5.41) is 6.41. The molecule has 0 amide bonds. The van der Waals surface area contributed by atoms with Gasteiger partial charge in [0.1, 0.15) is 4.60 Å². The minimum absolute atomic E-state index is 0.0320. The Hall–Kier alpha value is -0.0900. The van der Waals surface area contributed by atoms with Crippen LogP contribution >= 0.6 is 27.3 Å². The molecule has 1 aromatic rings. The third-order valence-electron chi connectivity index (χ3n) is 2.77. The molecule has 0 bridgehead atoms. The Labute approximate surface area is 98.3 Å². The van der Waals surface area contributed by atoms with Gasteiger partial charge in [-0.05, 0) is 35.2 Å². The fraction of sp³-hybridized carbons (Fsp3) is 0.700. The van der Waals surface area contributed by atoms with Gasteiger partial charge in [0.2, 0.25) is 0 Å². The van der Waals surface area contributed by atoms with Crippen LogP contribution in [0.3, 0.4) is 0 Å². The van der Waals surface area contributed by atoms with E-state index in [0.717, 1.165) is 9.73 Å². The van der Waals surface area contributed by atoms with Crippen molar-refractivity contribution in [2.24, 2.45) is 5.41 Å². The highest BCUT2D eigenvalue weighted by molar-refractivity contribution is 9.10. The molecule has 0 unspecified atom stereocenters. The summed E-state index contributed by atoms with van der Waals surface area (Å²) in [6.45, 7) is 11.1. The molecule has 0 atom stereocenters. The molecule has 1 heterocycles. The summed E-state index contributed by atoms with van der Waals surface area (Å²) in [6, 6.07) is 0. The largest absolute Gasteiger partial charge is 0.356 e. The Balaban J connectivity index is 2.78. The first-order valence-corrected chi connectivity index (χ1v) is 6.29. The lowest BCUT2D eigenvalue weighted by molar-refractivity contribution is 0.254. The van der Waals surface area contributed by atoms with Crippen LogP contribution in [0.25, 0.3) is 0 Å². The van der Waals surface area contributed by atoms with Crippen molar-refractivity contribution in [3.05, 3.63) is 9.98 Å². The summed E-state index contributed by atoms with van der Waals surface area (Å²) >= 11 is 4.97. The maximum atomic E-state index is 4.33. The van der Waals surface area contributed by atoms with Gasteiger partial charge in [-0.1, -0.05) is 20.8 Å². The highest BCUT2D eigenvalue weighted by Crippen LogP contribution is 2.34. The Morgan fingerprint density at radius 1 is 1.29 bits per heavy atom. The van der Waals surface area contributed by atoms with E-state index in [1.807, 2.05) is 5.38 Å². The molecule has 0 aliphatic carbocycles. The summed E-state index contributed by atoms with van der Waals surface area (Å²) in [5.41, 5.74) is 0.232. The number of halogens is 1. The highest BCUT2D eigenvalue weighted by atomic mass is 79.9. The molecular formula is C10H17BrN2S. The van der Waals surface area contributed by atoms with E-state index in [-0.39, 0.29) is 11.0 Å². The zero-order valence-electron chi connectivity index (χ0n) is 9.31. The molecule has 0 aliphatic heterocycles. The normalized spacial score (nSPS) is 13.0. The molecule has 0 aromatic carbocycles. The highest BCUT2D eigenvalue weighted by Gasteiger charge is 2.33. The SMILES string of the molecule is CC(C)(C)C(C)(C)Nc1nc(Br)cs1. The molecule has 0 aliphatic rings. The second-order valence-corrected chi connectivity index (χ2v) is 6.65. The lowest BCUT2D eigenvalue weighted by Gasteiger charge is -2.39. The molecule has 14 heavy (non-hydrogen) atoms. The summed E-state index contributed by atoms with van der Waals surface area (Å²) < 4.78 is 0.898. The second kappa shape index (κ2) is 3.81. The van der Waals surface area contributed by atoms with E-state index in [9.17, 15) is 0 Å². The first kappa shape index (κ1) is 12.0. The van der Waals surface area contributed by atoms with Crippen molar-refractivity contribution in [2.75, 3.05) is 5.32 Å². The van der Waals surface area contributed by atoms with Crippen molar-refractivity contribution < 1.29 is 0 Å². The number of rotatable bonds is 2. The topological polar surface area (TPSA) is 24.9 Å². The predicted molar refractivity (Wildman–Crippen MR) is 67.0 cm³/mol. The van der Waals surface area contributed by atoms with Crippen LogP contribution in [0.4, 0.5) is 5.13 Å². The van der Waals surface area contributed by atoms with E-state index >= 15 is 0 Å². The van der Waals surface area contributed by atoms with Gasteiger partial charge in [0.15, 0.2) is 5.13 Å². The van der Waals surface area contributed by atoms with Gasteiger partial charge in [0, 0.05) is 10.9 Å². The lowest BCUT2D eigenvalue weighted by atomic mass is 9.76. The van der Waals surface area contributed by atoms with Gasteiger partial charge in [0.05, 0.1) is 0 Å². The predicted octanol–water partition coefficient (Wildman–Crippen LogP) is 4.14. The third-order valence-corrected chi connectivity index (χ3v) is 4.24. The molecule has 0 saturated carbocycles. The monoisotopic (exact) mass is 276 g/mol. The molecule has 1 N–H and O–H groups in total. The summed E-state index contributed by atoms with van der Waals surface area (Å²) in [7, 11) is 0. The zero-order valence-corrected chi connectivity index (χ0v) is 11.7. The van der Waals surface area contributed by atoms with Crippen molar-refractivity contribution >= 4 is 32.4 Å². The van der Waals surface area contributed by atoms with Gasteiger partial charge in [-0.3, -0.25) is 0 Å². The van der Waals surface area contributed by atoms with Crippen LogP contribution in [0.1, 0.15) is 34.6 Å². The molecule has 0 spiro atoms. The van der Waals surface area contributed by atoms with Gasteiger partial charge in [-0.25, -0.2) is 4.98 Å². The number of nitrogens with zero attached hydrogens (tertiary/aromatic N) is 1. The average Bonchev–Trinajstić information content (AvgIpc) is 2.31. The van der Waals surface area contributed by atoms with Gasteiger partial charge in [-0.2, -0.15) is 0 Å². The maximum absolute atomic E-state index is 4.33. The first-order valence-electron chi connectivity index (χ1n) is 4.61. The number of hydrogen-bond acceptors (Lipinski definition) is 3. The Morgan fingerprint density at radius 2 is 1.86 bits per heavy atom. The van der Waals surface area contributed by atoms with Crippen LogP contribution in [0, 0.1) is 5.41 Å². The molecule has 0 fully saturated rings. The van der Waals surface area contributed by atoms with Crippen LogP contribution in [-0.2, 0) is 0 Å². The second-order valence-electron chi connectivity index (χ2n) is 4.98. The van der Waals surface area contributed by atoms with E-state index in [1.165, 1.54) is 0 Å². The van der Waals surface area contributed by atoms with Crippen molar-refractivity contribution in [3.8, 4) is 0 Å². The van der Waals surface area contributed by atoms with E-state index in [2.05, 4.69) is 60.8 Å². The van der Waals surface area contributed by atoms with Crippen molar-refractivity contribution in [3.63, 3.8) is 0 Å². The van der Waals surface area contributed by atoms with Crippen LogP contribution in [0.15, 0.2) is 9.98 Å². The molecule has 0 saturated heterocycles. The Morgan fingerprint density at radius 3 is 2.21 bits per heavy atom. The van der Waals surface area contributed by atoms with Crippen LogP contribution in [-0.4, -0.2) is 10.5 Å². The number of hydrogen-bond donors (Lipinski definition) is 1. The fourth-order valence-electron chi connectivity index (χ4n) is 0.766. The first-order chi connectivity index (χ1) is 6.22. The smallest absolute Gasteiger partial charge is 0.184 e. The van der Waals surface area contributed by atoms with E-state index < -0.39 is 0 Å². The van der Waals surface area contributed by atoms with Crippen molar-refractivity contribution in [1.29, 1.82) is 0 Å². The van der Waals surface area contributed by atoms with E-state index in [1.54, 1.807) is 11.3 Å². The van der Waals surface area contributed by atoms with Gasteiger partial charge in [-0.15, -0.1) is 11.3 Å². The van der Waals surface area contributed by atoms with Crippen molar-refractivity contribution in [2.45, 2.75) is 40.2 Å². The molecule has 2 nitrogen and oxygen atoms in total. The Kier molecular flexibility index (Phi) is 3.26. The molecular weight excluding hydrogens is 260 g/mol. The fourth-order valence-corrected chi connectivity index (χ4v) is 2.07. The molecule has 1 aromatic heterocycles. The number of nitrogens with one attached hydrogen (secondary N) is 1. The van der Waals surface area contributed by atoms with Crippen LogP contribution in [0.2, 0.25) is 0 Å². The van der Waals surface area contributed by atoms with E-state index in [0.29, 0.717) is 0 Å². The third kappa shape index (κ3) is 2.70. The molecule has 80 valence electrons. The lowest BCUT2D eigenvalue weighted by Crippen LogP contribution is -2.44. The molecule has 4 heteroatoms. The van der Waals surface area contributed by atoms with Crippen LogP contribution < -0.4 is 5.32 Å². The Bertz CT molecular complexity index is 312.